The van der Waals surface area contributed by atoms with Crippen molar-refractivity contribution in [3.8, 4) is 5.75 Å². The molecule has 6 nitrogen and oxygen atoms in total. The van der Waals surface area contributed by atoms with Crippen LogP contribution in [0.1, 0.15) is 29.7 Å². The first-order valence-electron chi connectivity index (χ1n) is 10.4. The normalized spacial score (nSPS) is 16.2. The van der Waals surface area contributed by atoms with Crippen LogP contribution in [-0.4, -0.2) is 41.4 Å². The molecule has 2 aromatic carbocycles. The molecule has 4 rings (SSSR count). The highest BCUT2D eigenvalue weighted by Crippen LogP contribution is 2.26. The van der Waals surface area contributed by atoms with Gasteiger partial charge in [0, 0.05) is 35.1 Å². The number of rotatable bonds is 7. The minimum Gasteiger partial charge on any atom is -0.496 e. The van der Waals surface area contributed by atoms with Crippen molar-refractivity contribution in [2.24, 2.45) is 0 Å². The number of nitrogens with zero attached hydrogens (tertiary/aromatic N) is 1. The van der Waals surface area contributed by atoms with Crippen molar-refractivity contribution in [2.45, 2.75) is 38.8 Å². The van der Waals surface area contributed by atoms with Gasteiger partial charge in [0.05, 0.1) is 13.7 Å². The predicted octanol–water partition coefficient (Wildman–Crippen LogP) is 3.47. The van der Waals surface area contributed by atoms with E-state index >= 15 is 0 Å². The van der Waals surface area contributed by atoms with Gasteiger partial charge in [-0.05, 0) is 49.6 Å². The zero-order valence-electron chi connectivity index (χ0n) is 17.7. The van der Waals surface area contributed by atoms with E-state index in [0.29, 0.717) is 38.1 Å². The van der Waals surface area contributed by atoms with E-state index in [4.69, 9.17) is 4.74 Å². The van der Waals surface area contributed by atoms with Gasteiger partial charge in [-0.1, -0.05) is 18.2 Å². The zero-order valence-corrected chi connectivity index (χ0v) is 17.7. The number of ether oxygens (including phenoxy) is 1. The van der Waals surface area contributed by atoms with Crippen LogP contribution in [-0.2, 0) is 22.6 Å². The Morgan fingerprint density at radius 2 is 2.10 bits per heavy atom. The monoisotopic (exact) mass is 423 g/mol. The Labute approximate surface area is 180 Å². The highest BCUT2D eigenvalue weighted by atomic mass is 19.1. The standard InChI is InChI=1S/C24H26FN3O3/c1-15-18(19-13-17(25)7-8-20(19)27-15)11-12-26-24(30)21-9-10-23(29)28(21)14-16-5-3-4-6-22(16)31-2/h3-8,13,21,27H,9-12,14H2,1-2H3,(H,26,30). The van der Waals surface area contributed by atoms with Crippen molar-refractivity contribution < 1.29 is 18.7 Å². The molecule has 1 unspecified atom stereocenters. The lowest BCUT2D eigenvalue weighted by molar-refractivity contribution is -0.135. The Bertz CT molecular complexity index is 1120. The summed E-state index contributed by atoms with van der Waals surface area (Å²) in [5.74, 6) is 0.218. The van der Waals surface area contributed by atoms with Crippen molar-refractivity contribution in [1.82, 2.24) is 15.2 Å². The lowest BCUT2D eigenvalue weighted by atomic mass is 10.1. The summed E-state index contributed by atoms with van der Waals surface area (Å²) in [5.41, 5.74) is 3.70. The molecule has 1 aromatic heterocycles. The van der Waals surface area contributed by atoms with Gasteiger partial charge in [0.1, 0.15) is 17.6 Å². The summed E-state index contributed by atoms with van der Waals surface area (Å²) in [4.78, 5) is 30.2. The van der Waals surface area contributed by atoms with Gasteiger partial charge >= 0.3 is 0 Å². The second kappa shape index (κ2) is 8.79. The first-order valence-corrected chi connectivity index (χ1v) is 10.4. The van der Waals surface area contributed by atoms with E-state index in [9.17, 15) is 14.0 Å². The molecule has 31 heavy (non-hydrogen) atoms. The van der Waals surface area contributed by atoms with Gasteiger partial charge in [-0.25, -0.2) is 4.39 Å². The number of para-hydroxylation sites is 1. The molecule has 7 heteroatoms. The third-order valence-electron chi connectivity index (χ3n) is 5.92. The Kier molecular flexibility index (Phi) is 5.93. The Hall–Kier alpha value is -3.35. The lowest BCUT2D eigenvalue weighted by Crippen LogP contribution is -2.44. The third-order valence-corrected chi connectivity index (χ3v) is 5.92. The summed E-state index contributed by atoms with van der Waals surface area (Å²) >= 11 is 0. The minimum atomic E-state index is -0.501. The molecule has 1 aliphatic rings. The molecular weight excluding hydrogens is 397 g/mol. The fourth-order valence-electron chi connectivity index (χ4n) is 4.33. The molecule has 0 radical (unpaired) electrons. The summed E-state index contributed by atoms with van der Waals surface area (Å²) in [5, 5.41) is 3.80. The van der Waals surface area contributed by atoms with Crippen molar-refractivity contribution >= 4 is 22.7 Å². The number of nitrogens with one attached hydrogen (secondary N) is 2. The van der Waals surface area contributed by atoms with Crippen molar-refractivity contribution in [3.05, 3.63) is 65.1 Å². The summed E-state index contributed by atoms with van der Waals surface area (Å²) in [6, 6.07) is 11.7. The van der Waals surface area contributed by atoms with E-state index in [-0.39, 0.29) is 17.6 Å². The number of aryl methyl sites for hydroxylation is 1. The Balaban J connectivity index is 1.42. The number of halogens is 1. The fraction of sp³-hybridized carbons (Fsp3) is 0.333. The number of H-pyrrole nitrogens is 1. The molecule has 1 fully saturated rings. The smallest absolute Gasteiger partial charge is 0.242 e. The number of amides is 2. The number of carbonyl (C=O) groups is 2. The topological polar surface area (TPSA) is 74.4 Å². The molecule has 0 aliphatic carbocycles. The van der Waals surface area contributed by atoms with E-state index in [2.05, 4.69) is 10.3 Å². The fourth-order valence-corrected chi connectivity index (χ4v) is 4.33. The second-order valence-electron chi connectivity index (χ2n) is 7.85. The molecule has 1 atom stereocenters. The summed E-state index contributed by atoms with van der Waals surface area (Å²) in [6.07, 6.45) is 1.43. The van der Waals surface area contributed by atoms with E-state index in [1.54, 1.807) is 18.1 Å². The number of methoxy groups -OCH3 is 1. The average Bonchev–Trinajstić information content (AvgIpc) is 3.27. The molecule has 1 saturated heterocycles. The summed E-state index contributed by atoms with van der Waals surface area (Å²) in [6.45, 7) is 2.69. The van der Waals surface area contributed by atoms with E-state index in [0.717, 1.165) is 27.7 Å². The van der Waals surface area contributed by atoms with Gasteiger partial charge < -0.3 is 19.9 Å². The molecule has 2 heterocycles. The highest BCUT2D eigenvalue weighted by Gasteiger charge is 2.36. The van der Waals surface area contributed by atoms with Crippen LogP contribution in [0.15, 0.2) is 42.5 Å². The quantitative estimate of drug-likeness (QED) is 0.611. The highest BCUT2D eigenvalue weighted by molar-refractivity contribution is 5.91. The molecular formula is C24H26FN3O3. The van der Waals surface area contributed by atoms with Crippen molar-refractivity contribution in [2.75, 3.05) is 13.7 Å². The van der Waals surface area contributed by atoms with Crippen LogP contribution < -0.4 is 10.1 Å². The van der Waals surface area contributed by atoms with Crippen LogP contribution in [0.4, 0.5) is 4.39 Å². The summed E-state index contributed by atoms with van der Waals surface area (Å²) < 4.78 is 19.0. The van der Waals surface area contributed by atoms with Gasteiger partial charge in [0.2, 0.25) is 11.8 Å². The van der Waals surface area contributed by atoms with E-state index < -0.39 is 6.04 Å². The number of hydrogen-bond acceptors (Lipinski definition) is 3. The Morgan fingerprint density at radius 3 is 2.90 bits per heavy atom. The largest absolute Gasteiger partial charge is 0.496 e. The number of fused-ring (bicyclic) bond motifs is 1. The molecule has 0 saturated carbocycles. The lowest BCUT2D eigenvalue weighted by Gasteiger charge is -2.25. The number of aromatic amines is 1. The van der Waals surface area contributed by atoms with Crippen molar-refractivity contribution in [3.63, 3.8) is 0 Å². The Morgan fingerprint density at radius 1 is 1.29 bits per heavy atom. The number of carbonyl (C=O) groups excluding carboxylic acids is 2. The van der Waals surface area contributed by atoms with Crippen LogP contribution in [0.25, 0.3) is 10.9 Å². The molecule has 2 N–H and O–H groups in total. The summed E-state index contributed by atoms with van der Waals surface area (Å²) in [7, 11) is 1.59. The number of aromatic nitrogens is 1. The van der Waals surface area contributed by atoms with E-state index in [1.807, 2.05) is 31.2 Å². The average molecular weight is 423 g/mol. The molecule has 0 bridgehead atoms. The molecule has 3 aromatic rings. The number of likely N-dealkylation sites (tertiary alicyclic amines) is 1. The van der Waals surface area contributed by atoms with Crippen LogP contribution in [0.3, 0.4) is 0 Å². The van der Waals surface area contributed by atoms with Gasteiger partial charge in [-0.2, -0.15) is 0 Å². The first kappa shape index (κ1) is 20.9. The van der Waals surface area contributed by atoms with Crippen molar-refractivity contribution in [1.29, 1.82) is 0 Å². The van der Waals surface area contributed by atoms with Gasteiger partial charge in [-0.3, -0.25) is 9.59 Å². The predicted molar refractivity (Wildman–Crippen MR) is 116 cm³/mol. The first-order chi connectivity index (χ1) is 15.0. The maximum atomic E-state index is 13.7. The second-order valence-corrected chi connectivity index (χ2v) is 7.85. The molecule has 1 aliphatic heterocycles. The zero-order chi connectivity index (χ0) is 22.0. The number of benzene rings is 2. The molecule has 0 spiro atoms. The van der Waals surface area contributed by atoms with Gasteiger partial charge in [-0.15, -0.1) is 0 Å². The molecule has 2 amide bonds. The maximum Gasteiger partial charge on any atom is 0.242 e. The third kappa shape index (κ3) is 4.26. The van der Waals surface area contributed by atoms with Crippen LogP contribution in [0.5, 0.6) is 5.75 Å². The van der Waals surface area contributed by atoms with Crippen LogP contribution in [0.2, 0.25) is 0 Å². The molecule has 162 valence electrons. The van der Waals surface area contributed by atoms with Crippen LogP contribution in [0, 0.1) is 12.7 Å². The van der Waals surface area contributed by atoms with Gasteiger partial charge in [0.15, 0.2) is 0 Å². The van der Waals surface area contributed by atoms with Crippen LogP contribution >= 0.6 is 0 Å². The minimum absolute atomic E-state index is 0.0333. The van der Waals surface area contributed by atoms with Gasteiger partial charge in [0.25, 0.3) is 0 Å². The van der Waals surface area contributed by atoms with E-state index in [1.165, 1.54) is 12.1 Å². The SMILES string of the molecule is COc1ccccc1CN1C(=O)CCC1C(=O)NCCc1c(C)[nH]c2ccc(F)cc12. The maximum absolute atomic E-state index is 13.7. The number of hydrogen-bond donors (Lipinski definition) is 2.